The highest BCUT2D eigenvalue weighted by Gasteiger charge is 2.02. The third kappa shape index (κ3) is 9.09. The quantitative estimate of drug-likeness (QED) is 0.445. The van der Waals surface area contributed by atoms with Gasteiger partial charge in [0.2, 0.25) is 0 Å². The van der Waals surface area contributed by atoms with Crippen LogP contribution in [0.4, 0.5) is 0 Å². The molecule has 0 aliphatic rings. The maximum atomic E-state index is 5.97. The van der Waals surface area contributed by atoms with Crippen molar-refractivity contribution >= 4 is 0 Å². The van der Waals surface area contributed by atoms with Gasteiger partial charge in [-0.3, -0.25) is 0 Å². The molecule has 1 aromatic carbocycles. The predicted molar refractivity (Wildman–Crippen MR) is 96.5 cm³/mol. The van der Waals surface area contributed by atoms with Crippen molar-refractivity contribution < 1.29 is 4.74 Å². The Morgan fingerprint density at radius 2 is 1.50 bits per heavy atom. The molecule has 0 saturated heterocycles. The third-order valence-electron chi connectivity index (χ3n) is 4.00. The van der Waals surface area contributed by atoms with E-state index in [1.807, 2.05) is 0 Å². The van der Waals surface area contributed by atoms with Crippen molar-refractivity contribution in [2.45, 2.75) is 78.2 Å². The molecule has 1 rings (SSSR count). The second-order valence-electron chi connectivity index (χ2n) is 6.11. The molecule has 0 aromatic heterocycles. The molecule has 0 atom stereocenters. The number of ether oxygens (including phenoxy) is 1. The van der Waals surface area contributed by atoms with Gasteiger partial charge in [-0.2, -0.15) is 0 Å². The second-order valence-corrected chi connectivity index (χ2v) is 6.11. The van der Waals surface area contributed by atoms with Crippen LogP contribution in [-0.4, -0.2) is 13.2 Å². The molecule has 0 amide bonds. The maximum absolute atomic E-state index is 5.97. The third-order valence-corrected chi connectivity index (χ3v) is 4.00. The van der Waals surface area contributed by atoms with Crippen LogP contribution in [0, 0.1) is 0 Å². The highest BCUT2D eigenvalue weighted by atomic mass is 16.5. The van der Waals surface area contributed by atoms with E-state index in [4.69, 9.17) is 4.74 Å². The van der Waals surface area contributed by atoms with Crippen LogP contribution in [0.2, 0.25) is 0 Å². The molecule has 0 aliphatic heterocycles. The fraction of sp³-hybridized carbons (Fsp3) is 0.700. The zero-order chi connectivity index (χ0) is 15.9. The summed E-state index contributed by atoms with van der Waals surface area (Å²) in [7, 11) is 0. The van der Waals surface area contributed by atoms with Gasteiger partial charge < -0.3 is 10.1 Å². The molecule has 2 nitrogen and oxygen atoms in total. The van der Waals surface area contributed by atoms with E-state index < -0.39 is 0 Å². The maximum Gasteiger partial charge on any atom is 0.123 e. The van der Waals surface area contributed by atoms with Crippen LogP contribution in [0.5, 0.6) is 5.75 Å². The number of nitrogens with one attached hydrogen (secondary N) is 1. The lowest BCUT2D eigenvalue weighted by molar-refractivity contribution is 0.301. The lowest BCUT2D eigenvalue weighted by Crippen LogP contribution is -2.15. The summed E-state index contributed by atoms with van der Waals surface area (Å²) < 4.78 is 5.97. The van der Waals surface area contributed by atoms with E-state index >= 15 is 0 Å². The molecule has 1 N–H and O–H groups in total. The van der Waals surface area contributed by atoms with Gasteiger partial charge in [0, 0.05) is 12.1 Å². The monoisotopic (exact) mass is 305 g/mol. The summed E-state index contributed by atoms with van der Waals surface area (Å²) in [6, 6.07) is 8.44. The van der Waals surface area contributed by atoms with E-state index in [1.165, 1.54) is 63.4 Å². The van der Waals surface area contributed by atoms with Crippen LogP contribution in [-0.2, 0) is 6.54 Å². The highest BCUT2D eigenvalue weighted by Crippen LogP contribution is 2.18. The summed E-state index contributed by atoms with van der Waals surface area (Å²) in [5.74, 6) is 1.05. The van der Waals surface area contributed by atoms with Crippen molar-refractivity contribution in [3.63, 3.8) is 0 Å². The number of hydrogen-bond acceptors (Lipinski definition) is 2. The summed E-state index contributed by atoms with van der Waals surface area (Å²) in [5, 5.41) is 3.54. The normalized spacial score (nSPS) is 10.8. The minimum absolute atomic E-state index is 0.844. The van der Waals surface area contributed by atoms with E-state index in [-0.39, 0.29) is 0 Å². The molecule has 0 heterocycles. The van der Waals surface area contributed by atoms with E-state index in [0.29, 0.717) is 0 Å². The van der Waals surface area contributed by atoms with E-state index in [9.17, 15) is 0 Å². The fourth-order valence-electron chi connectivity index (χ4n) is 2.58. The second kappa shape index (κ2) is 13.6. The SMILES string of the molecule is CCCCCCCOc1ccccc1CNCCCCCC. The molecular formula is C20H35NO. The van der Waals surface area contributed by atoms with Crippen molar-refractivity contribution in [2.75, 3.05) is 13.2 Å². The van der Waals surface area contributed by atoms with Crippen molar-refractivity contribution in [1.82, 2.24) is 5.32 Å². The molecule has 0 bridgehead atoms. The Kier molecular flexibility index (Phi) is 11.8. The van der Waals surface area contributed by atoms with Gasteiger partial charge in [0.15, 0.2) is 0 Å². The first-order valence-electron chi connectivity index (χ1n) is 9.30. The molecule has 0 saturated carbocycles. The zero-order valence-electron chi connectivity index (χ0n) is 14.7. The Bertz CT molecular complexity index is 329. The molecule has 126 valence electrons. The van der Waals surface area contributed by atoms with Crippen LogP contribution in [0.3, 0.4) is 0 Å². The smallest absolute Gasteiger partial charge is 0.123 e. The van der Waals surface area contributed by atoms with E-state index in [0.717, 1.165) is 25.4 Å². The molecule has 0 radical (unpaired) electrons. The van der Waals surface area contributed by atoms with Gasteiger partial charge in [-0.1, -0.05) is 77.0 Å². The molecule has 2 heteroatoms. The Morgan fingerprint density at radius 3 is 2.27 bits per heavy atom. The average molecular weight is 306 g/mol. The van der Waals surface area contributed by atoms with Crippen LogP contribution in [0.15, 0.2) is 24.3 Å². The first kappa shape index (κ1) is 19.0. The van der Waals surface area contributed by atoms with E-state index in [2.05, 4.69) is 43.4 Å². The molecule has 0 unspecified atom stereocenters. The van der Waals surface area contributed by atoms with Gasteiger partial charge in [0.25, 0.3) is 0 Å². The Balaban J connectivity index is 2.20. The summed E-state index contributed by atoms with van der Waals surface area (Å²) >= 11 is 0. The largest absolute Gasteiger partial charge is 0.493 e. The van der Waals surface area contributed by atoms with Crippen LogP contribution in [0.25, 0.3) is 0 Å². The van der Waals surface area contributed by atoms with Crippen molar-refractivity contribution in [3.05, 3.63) is 29.8 Å². The number of hydrogen-bond donors (Lipinski definition) is 1. The minimum atomic E-state index is 0.844. The number of para-hydroxylation sites is 1. The standard InChI is InChI=1S/C20H35NO/c1-3-5-7-9-13-17-22-20-15-11-10-14-19(20)18-21-16-12-8-6-4-2/h10-11,14-15,21H,3-9,12-13,16-18H2,1-2H3. The number of benzene rings is 1. The Labute approximate surface area is 137 Å². The van der Waals surface area contributed by atoms with Gasteiger partial charge >= 0.3 is 0 Å². The Hall–Kier alpha value is -1.02. The van der Waals surface area contributed by atoms with Crippen molar-refractivity contribution in [3.8, 4) is 5.75 Å². The summed E-state index contributed by atoms with van der Waals surface area (Å²) in [4.78, 5) is 0. The Morgan fingerprint density at radius 1 is 0.818 bits per heavy atom. The first-order valence-corrected chi connectivity index (χ1v) is 9.30. The van der Waals surface area contributed by atoms with Crippen LogP contribution in [0.1, 0.15) is 77.2 Å². The predicted octanol–water partition coefficient (Wildman–Crippen LogP) is 5.71. The van der Waals surface area contributed by atoms with Crippen LogP contribution < -0.4 is 10.1 Å². The minimum Gasteiger partial charge on any atom is -0.493 e. The lowest BCUT2D eigenvalue weighted by Gasteiger charge is -2.12. The molecule has 22 heavy (non-hydrogen) atoms. The van der Waals surface area contributed by atoms with Gasteiger partial charge in [-0.25, -0.2) is 0 Å². The number of unbranched alkanes of at least 4 members (excludes halogenated alkanes) is 7. The van der Waals surface area contributed by atoms with E-state index in [1.54, 1.807) is 0 Å². The fourth-order valence-corrected chi connectivity index (χ4v) is 2.58. The van der Waals surface area contributed by atoms with Gasteiger partial charge in [0.1, 0.15) is 5.75 Å². The summed E-state index contributed by atoms with van der Waals surface area (Å²) in [5.41, 5.74) is 1.28. The molecule has 0 aliphatic carbocycles. The van der Waals surface area contributed by atoms with Gasteiger partial charge in [-0.05, 0) is 25.5 Å². The van der Waals surface area contributed by atoms with Gasteiger partial charge in [-0.15, -0.1) is 0 Å². The van der Waals surface area contributed by atoms with Gasteiger partial charge in [0.05, 0.1) is 6.61 Å². The molecule has 1 aromatic rings. The van der Waals surface area contributed by atoms with Crippen LogP contribution >= 0.6 is 0 Å². The van der Waals surface area contributed by atoms with Crippen molar-refractivity contribution in [1.29, 1.82) is 0 Å². The van der Waals surface area contributed by atoms with Crippen molar-refractivity contribution in [2.24, 2.45) is 0 Å². The highest BCUT2D eigenvalue weighted by molar-refractivity contribution is 5.33. The first-order chi connectivity index (χ1) is 10.9. The average Bonchev–Trinajstić information content (AvgIpc) is 2.55. The molecular weight excluding hydrogens is 270 g/mol. The zero-order valence-corrected chi connectivity index (χ0v) is 14.7. The summed E-state index contributed by atoms with van der Waals surface area (Å²) in [6.45, 7) is 7.37. The topological polar surface area (TPSA) is 21.3 Å². The molecule has 0 fully saturated rings. The number of rotatable bonds is 14. The molecule has 0 spiro atoms. The summed E-state index contributed by atoms with van der Waals surface area (Å²) in [6.07, 6.45) is 11.7. The lowest BCUT2D eigenvalue weighted by atomic mass is 10.1.